The second-order valence-corrected chi connectivity index (χ2v) is 14.0. The van der Waals surface area contributed by atoms with Crippen molar-refractivity contribution in [2.24, 2.45) is 34.5 Å². The van der Waals surface area contributed by atoms with Gasteiger partial charge in [-0.1, -0.05) is 19.1 Å². The summed E-state index contributed by atoms with van der Waals surface area (Å²) in [6.45, 7) is 3.75. The number of para-hydroxylation sites is 1. The van der Waals surface area contributed by atoms with Gasteiger partial charge in [-0.2, -0.15) is 0 Å². The van der Waals surface area contributed by atoms with Gasteiger partial charge in [-0.25, -0.2) is 4.79 Å². The van der Waals surface area contributed by atoms with E-state index in [1.807, 2.05) is 6.07 Å². The lowest BCUT2D eigenvalue weighted by Gasteiger charge is -2.70. The van der Waals surface area contributed by atoms with Crippen LogP contribution >= 0.6 is 0 Å². The van der Waals surface area contributed by atoms with Crippen LogP contribution in [0.15, 0.2) is 24.3 Å². The molecule has 3 N–H and O–H groups in total. The Morgan fingerprint density at radius 3 is 2.49 bits per heavy atom. The molecular formula is C33H48N2O8. The normalized spacial score (nSPS) is 49.2. The molecule has 0 aromatic heterocycles. The number of benzene rings is 1. The number of methoxy groups -OCH3 is 5. The summed E-state index contributed by atoms with van der Waals surface area (Å²) < 4.78 is 38.3. The number of piperidine rings is 1. The third kappa shape index (κ3) is 3.31. The molecular weight excluding hydrogens is 552 g/mol. The lowest BCUT2D eigenvalue weighted by molar-refractivity contribution is -0.326. The molecule has 1 saturated heterocycles. The van der Waals surface area contributed by atoms with Crippen molar-refractivity contribution in [2.75, 3.05) is 61.0 Å². The summed E-state index contributed by atoms with van der Waals surface area (Å²) >= 11 is 0. The van der Waals surface area contributed by atoms with Gasteiger partial charge in [0.25, 0.3) is 0 Å². The lowest BCUT2D eigenvalue weighted by atomic mass is 9.42. The molecule has 0 radical (unpaired) electrons. The molecule has 1 aromatic carbocycles. The van der Waals surface area contributed by atoms with E-state index in [2.05, 4.69) is 11.8 Å². The summed E-state index contributed by atoms with van der Waals surface area (Å²) in [5, 5.41) is 13.6. The van der Waals surface area contributed by atoms with Gasteiger partial charge < -0.3 is 39.3 Å². The van der Waals surface area contributed by atoms with Crippen LogP contribution in [0, 0.1) is 34.5 Å². The van der Waals surface area contributed by atoms with Crippen molar-refractivity contribution >= 4 is 11.7 Å². The molecule has 1 spiro atoms. The van der Waals surface area contributed by atoms with Gasteiger partial charge in [0.1, 0.15) is 11.2 Å². The quantitative estimate of drug-likeness (QED) is 0.323. The first-order valence-corrected chi connectivity index (χ1v) is 15.8. The maximum atomic E-state index is 13.6. The first-order valence-electron chi connectivity index (χ1n) is 15.8. The Morgan fingerprint density at radius 2 is 1.86 bits per heavy atom. The number of nitrogens with zero attached hydrogens (tertiary/aromatic N) is 1. The number of nitrogen functional groups attached to an aromatic ring is 1. The number of aliphatic hydroxyl groups is 1. The summed E-state index contributed by atoms with van der Waals surface area (Å²) in [5.41, 5.74) is 3.62. The largest absolute Gasteiger partial charge is 0.461 e. The molecule has 7 bridgehead atoms. The van der Waals surface area contributed by atoms with Crippen LogP contribution in [0.25, 0.3) is 0 Å². The van der Waals surface area contributed by atoms with Crippen molar-refractivity contribution in [2.45, 2.75) is 74.3 Å². The van der Waals surface area contributed by atoms with Crippen LogP contribution in [-0.4, -0.2) is 113 Å². The van der Waals surface area contributed by atoms with Crippen LogP contribution in [0.1, 0.15) is 43.0 Å². The van der Waals surface area contributed by atoms with Gasteiger partial charge in [-0.05, 0) is 43.9 Å². The molecule has 43 heavy (non-hydrogen) atoms. The zero-order chi connectivity index (χ0) is 30.5. The molecule has 7 rings (SSSR count). The molecule has 13 atom stereocenters. The summed E-state index contributed by atoms with van der Waals surface area (Å²) in [6.07, 6.45) is 2.09. The zero-order valence-corrected chi connectivity index (χ0v) is 26.3. The van der Waals surface area contributed by atoms with Crippen molar-refractivity contribution in [3.8, 4) is 0 Å². The highest BCUT2D eigenvalue weighted by atomic mass is 16.6. The number of hydrogen-bond acceptors (Lipinski definition) is 10. The average molecular weight is 601 g/mol. The maximum absolute atomic E-state index is 13.6. The van der Waals surface area contributed by atoms with Crippen LogP contribution < -0.4 is 5.73 Å². The van der Waals surface area contributed by atoms with Crippen molar-refractivity contribution in [1.82, 2.24) is 4.90 Å². The molecule has 10 heteroatoms. The Bertz CT molecular complexity index is 1270. The zero-order valence-electron chi connectivity index (χ0n) is 26.3. The van der Waals surface area contributed by atoms with Crippen LogP contribution in [0.5, 0.6) is 0 Å². The van der Waals surface area contributed by atoms with Crippen molar-refractivity contribution in [3.05, 3.63) is 29.8 Å². The number of fused-ring (bicyclic) bond motifs is 2. The van der Waals surface area contributed by atoms with Crippen molar-refractivity contribution in [3.63, 3.8) is 0 Å². The van der Waals surface area contributed by atoms with E-state index >= 15 is 0 Å². The summed E-state index contributed by atoms with van der Waals surface area (Å²) in [5.74, 6) is -0.336. The Balaban J connectivity index is 1.43. The Morgan fingerprint density at radius 1 is 1.09 bits per heavy atom. The van der Waals surface area contributed by atoms with Gasteiger partial charge >= 0.3 is 5.97 Å². The van der Waals surface area contributed by atoms with Gasteiger partial charge in [0.15, 0.2) is 0 Å². The topological polar surface area (TPSA) is 122 Å². The molecule has 10 nitrogen and oxygen atoms in total. The standard InChI is InChI=1S/C33H48N2O8/c1-7-35-16-30(17-43-28(36)18-10-8-9-11-21(18)34)13-12-23(39-3)32-20-14-19-22(38-2)15-31(42-6,24(20)25(19)40-4)33(37,29(32)35)27(41-5)26(30)32/h8-11,19-20,22-27,29,37H,7,12-17,34H2,1-6H3/t19-,20-,22+,23+,24-,25+,26-,27+,29+,30+,31-,32+,33+/m1/s1. The minimum atomic E-state index is -1.39. The number of anilines is 1. The van der Waals surface area contributed by atoms with E-state index < -0.39 is 34.1 Å². The van der Waals surface area contributed by atoms with Gasteiger partial charge in [0.05, 0.1) is 42.6 Å². The number of esters is 1. The van der Waals surface area contributed by atoms with Crippen LogP contribution in [-0.2, 0) is 28.4 Å². The van der Waals surface area contributed by atoms with Crippen LogP contribution in [0.4, 0.5) is 5.69 Å². The number of ether oxygens (including phenoxy) is 6. The molecule has 1 heterocycles. The van der Waals surface area contributed by atoms with Gasteiger partial charge in [0.2, 0.25) is 0 Å². The monoisotopic (exact) mass is 600 g/mol. The molecule has 1 aromatic rings. The molecule has 0 amide bonds. The molecule has 5 aliphatic carbocycles. The van der Waals surface area contributed by atoms with Gasteiger partial charge in [-0.3, -0.25) is 4.90 Å². The second-order valence-electron chi connectivity index (χ2n) is 14.0. The predicted molar refractivity (Wildman–Crippen MR) is 157 cm³/mol. The average Bonchev–Trinajstić information content (AvgIpc) is 3.42. The molecule has 5 saturated carbocycles. The Labute approximate surface area is 254 Å². The highest BCUT2D eigenvalue weighted by Crippen LogP contribution is 2.81. The van der Waals surface area contributed by atoms with Gasteiger partial charge in [0, 0.05) is 82.8 Å². The van der Waals surface area contributed by atoms with Gasteiger partial charge in [-0.15, -0.1) is 0 Å². The third-order valence-corrected chi connectivity index (χ3v) is 13.3. The van der Waals surface area contributed by atoms with E-state index in [1.54, 1.807) is 53.7 Å². The van der Waals surface area contributed by atoms with Crippen LogP contribution in [0.2, 0.25) is 0 Å². The third-order valence-electron chi connectivity index (χ3n) is 13.3. The number of rotatable bonds is 9. The molecule has 0 unspecified atom stereocenters. The minimum absolute atomic E-state index is 0.0697. The van der Waals surface area contributed by atoms with E-state index in [4.69, 9.17) is 34.2 Å². The fraction of sp³-hybridized carbons (Fsp3) is 0.788. The summed E-state index contributed by atoms with van der Waals surface area (Å²) in [7, 11) is 8.78. The fourth-order valence-electron chi connectivity index (χ4n) is 12.3. The van der Waals surface area contributed by atoms with E-state index in [9.17, 15) is 9.90 Å². The summed E-state index contributed by atoms with van der Waals surface area (Å²) in [6, 6.07) is 6.75. The molecule has 6 fully saturated rings. The number of nitrogens with two attached hydrogens (primary N) is 1. The summed E-state index contributed by atoms with van der Waals surface area (Å²) in [4.78, 5) is 15.9. The first kappa shape index (κ1) is 29.9. The van der Waals surface area contributed by atoms with E-state index in [0.29, 0.717) is 24.2 Å². The predicted octanol–water partition coefficient (Wildman–Crippen LogP) is 2.37. The fourth-order valence-corrected chi connectivity index (χ4v) is 12.3. The molecule has 6 aliphatic rings. The number of carbonyl (C=O) groups is 1. The highest BCUT2D eigenvalue weighted by Gasteiger charge is 2.92. The minimum Gasteiger partial charge on any atom is -0.461 e. The van der Waals surface area contributed by atoms with Crippen molar-refractivity contribution < 1.29 is 38.3 Å². The number of likely N-dealkylation sites (tertiary alicyclic amines) is 1. The number of carbonyl (C=O) groups excluding carboxylic acids is 1. The maximum Gasteiger partial charge on any atom is 0.340 e. The van der Waals surface area contributed by atoms with E-state index in [0.717, 1.165) is 25.8 Å². The smallest absolute Gasteiger partial charge is 0.340 e. The van der Waals surface area contributed by atoms with E-state index in [1.165, 1.54) is 0 Å². The van der Waals surface area contributed by atoms with Crippen LogP contribution in [0.3, 0.4) is 0 Å². The Hall–Kier alpha value is -1.79. The molecule has 1 aliphatic heterocycles. The molecule has 238 valence electrons. The highest BCUT2D eigenvalue weighted by molar-refractivity contribution is 5.95. The SMILES string of the molecule is CCN1C[C@]2(COC(=O)c3ccccc3N)CC[C@H](OC)[C@@]34[C@@H]5C[C@H]6[C@H](OC)[C@@H]5[C@](OC)(C[C@@H]6OC)[C@](O)([C@@H](OC)[C@H]23)[C@@H]14. The number of likely N-dealkylation sites (N-methyl/N-ethyl adjacent to an activating group) is 1. The second kappa shape index (κ2) is 10.1. The number of hydrogen-bond donors (Lipinski definition) is 2. The Kier molecular flexibility index (Phi) is 7.03. The lowest BCUT2D eigenvalue weighted by Crippen LogP contribution is -2.82. The van der Waals surface area contributed by atoms with Crippen molar-refractivity contribution in [1.29, 1.82) is 0 Å². The van der Waals surface area contributed by atoms with E-state index in [-0.39, 0.29) is 54.6 Å². The first-order chi connectivity index (χ1) is 20.7.